The molecule has 18 heavy (non-hydrogen) atoms. The summed E-state index contributed by atoms with van der Waals surface area (Å²) in [6.45, 7) is 4.56. The lowest BCUT2D eigenvalue weighted by Gasteiger charge is -2.30. The van der Waals surface area contributed by atoms with Crippen LogP contribution in [-0.2, 0) is 0 Å². The first kappa shape index (κ1) is 16.0. The van der Waals surface area contributed by atoms with Crippen molar-refractivity contribution in [3.05, 3.63) is 0 Å². The Kier molecular flexibility index (Phi) is 7.97. The Morgan fingerprint density at radius 3 is 1.94 bits per heavy atom. The molecule has 0 aliphatic heterocycles. The molecule has 1 unspecified atom stereocenters. The van der Waals surface area contributed by atoms with Gasteiger partial charge in [0, 0.05) is 0 Å². The first-order valence-electron chi connectivity index (χ1n) is 8.37. The second-order valence-electron chi connectivity index (χ2n) is 6.64. The molecule has 0 aromatic rings. The summed E-state index contributed by atoms with van der Waals surface area (Å²) in [5.74, 6) is 0. The van der Waals surface area contributed by atoms with Gasteiger partial charge in [0.05, 0.1) is 6.10 Å². The largest absolute Gasteiger partial charge is 0.393 e. The van der Waals surface area contributed by atoms with E-state index in [0.717, 1.165) is 6.42 Å². The van der Waals surface area contributed by atoms with E-state index < -0.39 is 0 Å². The van der Waals surface area contributed by atoms with Gasteiger partial charge < -0.3 is 5.11 Å². The molecule has 1 aliphatic rings. The zero-order chi connectivity index (χ0) is 13.3. The number of rotatable bonds is 10. The van der Waals surface area contributed by atoms with Crippen molar-refractivity contribution in [2.24, 2.45) is 5.41 Å². The molecule has 1 N–H and O–H groups in total. The Balaban J connectivity index is 1.94. The van der Waals surface area contributed by atoms with Gasteiger partial charge in [-0.2, -0.15) is 0 Å². The minimum absolute atomic E-state index is 0.0416. The standard InChI is InChI=1S/C17H34O/c1-3-4-5-6-7-8-9-10-13-16(18)17(2)14-11-12-15-17/h16,18H,3-15H2,1-2H3. The predicted molar refractivity (Wildman–Crippen MR) is 79.8 cm³/mol. The molecule has 1 aliphatic carbocycles. The van der Waals surface area contributed by atoms with Crippen LogP contribution in [0.5, 0.6) is 0 Å². The summed E-state index contributed by atoms with van der Waals surface area (Å²) in [4.78, 5) is 0. The van der Waals surface area contributed by atoms with Gasteiger partial charge in [0.15, 0.2) is 0 Å². The molecule has 0 amide bonds. The summed E-state index contributed by atoms with van der Waals surface area (Å²) in [6, 6.07) is 0. The molecule has 0 bridgehead atoms. The highest BCUT2D eigenvalue weighted by Gasteiger charge is 2.35. The van der Waals surface area contributed by atoms with E-state index in [4.69, 9.17) is 0 Å². The molecular weight excluding hydrogens is 220 g/mol. The van der Waals surface area contributed by atoms with Crippen LogP contribution in [0, 0.1) is 5.41 Å². The van der Waals surface area contributed by atoms with Crippen molar-refractivity contribution in [3.8, 4) is 0 Å². The zero-order valence-corrected chi connectivity index (χ0v) is 12.7. The Bertz CT molecular complexity index is 194. The molecule has 0 saturated heterocycles. The van der Waals surface area contributed by atoms with E-state index in [2.05, 4.69) is 13.8 Å². The van der Waals surface area contributed by atoms with E-state index in [0.29, 0.717) is 0 Å². The van der Waals surface area contributed by atoms with Crippen LogP contribution in [0.4, 0.5) is 0 Å². The first-order chi connectivity index (χ1) is 8.69. The molecule has 1 heteroatoms. The topological polar surface area (TPSA) is 20.2 Å². The average molecular weight is 254 g/mol. The second kappa shape index (κ2) is 8.96. The SMILES string of the molecule is CCCCCCCCCCC(O)C1(C)CCCC1. The van der Waals surface area contributed by atoms with Crippen molar-refractivity contribution in [1.82, 2.24) is 0 Å². The normalized spacial score (nSPS) is 20.2. The van der Waals surface area contributed by atoms with Gasteiger partial charge in [-0.1, -0.05) is 78.1 Å². The Labute approximate surface area is 114 Å². The highest BCUT2D eigenvalue weighted by molar-refractivity contribution is 4.86. The summed E-state index contributed by atoms with van der Waals surface area (Å²) in [6.07, 6.45) is 17.0. The van der Waals surface area contributed by atoms with Crippen molar-refractivity contribution in [2.45, 2.75) is 103 Å². The van der Waals surface area contributed by atoms with Crippen LogP contribution in [0.3, 0.4) is 0 Å². The summed E-state index contributed by atoms with van der Waals surface area (Å²) in [5, 5.41) is 10.3. The van der Waals surface area contributed by atoms with Crippen LogP contribution >= 0.6 is 0 Å². The zero-order valence-electron chi connectivity index (χ0n) is 12.7. The van der Waals surface area contributed by atoms with Crippen LogP contribution in [0.15, 0.2) is 0 Å². The molecule has 1 saturated carbocycles. The van der Waals surface area contributed by atoms with Crippen LogP contribution in [-0.4, -0.2) is 11.2 Å². The van der Waals surface area contributed by atoms with Crippen molar-refractivity contribution >= 4 is 0 Å². The van der Waals surface area contributed by atoms with Gasteiger partial charge in [0.25, 0.3) is 0 Å². The third kappa shape index (κ3) is 5.73. The monoisotopic (exact) mass is 254 g/mol. The molecular formula is C17H34O. The highest BCUT2D eigenvalue weighted by Crippen LogP contribution is 2.41. The summed E-state index contributed by atoms with van der Waals surface area (Å²) in [5.41, 5.74) is 0.251. The second-order valence-corrected chi connectivity index (χ2v) is 6.64. The van der Waals surface area contributed by atoms with Crippen LogP contribution in [0.25, 0.3) is 0 Å². The fraction of sp³-hybridized carbons (Fsp3) is 1.00. The lowest BCUT2D eigenvalue weighted by molar-refractivity contribution is 0.0330. The highest BCUT2D eigenvalue weighted by atomic mass is 16.3. The Hall–Kier alpha value is -0.0400. The molecule has 0 radical (unpaired) electrons. The van der Waals surface area contributed by atoms with Crippen molar-refractivity contribution in [1.29, 1.82) is 0 Å². The fourth-order valence-electron chi connectivity index (χ4n) is 3.34. The summed E-state index contributed by atoms with van der Waals surface area (Å²) in [7, 11) is 0. The molecule has 0 heterocycles. The fourth-order valence-corrected chi connectivity index (χ4v) is 3.34. The maximum atomic E-state index is 10.3. The first-order valence-corrected chi connectivity index (χ1v) is 8.37. The van der Waals surface area contributed by atoms with Gasteiger partial charge in [0.1, 0.15) is 0 Å². The van der Waals surface area contributed by atoms with Crippen molar-refractivity contribution in [3.63, 3.8) is 0 Å². The maximum absolute atomic E-state index is 10.3. The molecule has 1 atom stereocenters. The Morgan fingerprint density at radius 1 is 0.889 bits per heavy atom. The van der Waals surface area contributed by atoms with E-state index >= 15 is 0 Å². The minimum atomic E-state index is -0.0416. The maximum Gasteiger partial charge on any atom is 0.0593 e. The van der Waals surface area contributed by atoms with E-state index in [1.807, 2.05) is 0 Å². The van der Waals surface area contributed by atoms with Gasteiger partial charge in [0.2, 0.25) is 0 Å². The number of unbranched alkanes of at least 4 members (excludes halogenated alkanes) is 7. The quantitative estimate of drug-likeness (QED) is 0.513. The Morgan fingerprint density at radius 2 is 1.39 bits per heavy atom. The van der Waals surface area contributed by atoms with E-state index in [9.17, 15) is 5.11 Å². The molecule has 1 nitrogen and oxygen atoms in total. The smallest absolute Gasteiger partial charge is 0.0593 e. The van der Waals surface area contributed by atoms with Gasteiger partial charge in [-0.3, -0.25) is 0 Å². The van der Waals surface area contributed by atoms with E-state index in [1.165, 1.54) is 77.0 Å². The molecule has 1 rings (SSSR count). The number of aliphatic hydroxyl groups is 1. The van der Waals surface area contributed by atoms with Gasteiger partial charge in [-0.15, -0.1) is 0 Å². The third-order valence-electron chi connectivity index (χ3n) is 4.88. The molecule has 0 spiro atoms. The van der Waals surface area contributed by atoms with Crippen LogP contribution in [0.2, 0.25) is 0 Å². The molecule has 0 aromatic carbocycles. The minimum Gasteiger partial charge on any atom is -0.393 e. The van der Waals surface area contributed by atoms with E-state index in [1.54, 1.807) is 0 Å². The lowest BCUT2D eigenvalue weighted by atomic mass is 9.80. The molecule has 0 aromatic heterocycles. The predicted octanol–water partition coefficient (Wildman–Crippen LogP) is 5.46. The lowest BCUT2D eigenvalue weighted by Crippen LogP contribution is -2.29. The average Bonchev–Trinajstić information content (AvgIpc) is 2.81. The number of aliphatic hydroxyl groups excluding tert-OH is 1. The molecule has 1 fully saturated rings. The molecule has 108 valence electrons. The van der Waals surface area contributed by atoms with Crippen molar-refractivity contribution < 1.29 is 5.11 Å². The van der Waals surface area contributed by atoms with E-state index in [-0.39, 0.29) is 11.5 Å². The van der Waals surface area contributed by atoms with Crippen LogP contribution in [0.1, 0.15) is 97.3 Å². The van der Waals surface area contributed by atoms with Gasteiger partial charge in [-0.25, -0.2) is 0 Å². The summed E-state index contributed by atoms with van der Waals surface area (Å²) >= 11 is 0. The van der Waals surface area contributed by atoms with Gasteiger partial charge in [-0.05, 0) is 24.7 Å². The third-order valence-corrected chi connectivity index (χ3v) is 4.88. The van der Waals surface area contributed by atoms with Crippen molar-refractivity contribution in [2.75, 3.05) is 0 Å². The van der Waals surface area contributed by atoms with Crippen LogP contribution < -0.4 is 0 Å². The summed E-state index contributed by atoms with van der Waals surface area (Å²) < 4.78 is 0. The van der Waals surface area contributed by atoms with Gasteiger partial charge >= 0.3 is 0 Å². The number of hydrogen-bond donors (Lipinski definition) is 1. The number of hydrogen-bond acceptors (Lipinski definition) is 1.